The molecule has 0 radical (unpaired) electrons. The van der Waals surface area contributed by atoms with Crippen molar-refractivity contribution < 1.29 is 27.9 Å². The maximum Gasteiger partial charge on any atom is 0.391 e. The Bertz CT molecular complexity index is 347. The highest BCUT2D eigenvalue weighted by atomic mass is 19.4. The Kier molecular flexibility index (Phi) is 4.47. The van der Waals surface area contributed by atoms with Crippen LogP contribution in [0.15, 0.2) is 0 Å². The molecule has 0 atom stereocenters. The van der Waals surface area contributed by atoms with Gasteiger partial charge in [-0.2, -0.15) is 13.2 Å². The van der Waals surface area contributed by atoms with Crippen LogP contribution >= 0.6 is 0 Å². The van der Waals surface area contributed by atoms with Gasteiger partial charge in [0.2, 0.25) is 6.41 Å². The molecular weight excluding hydrogens is 263 g/mol. The summed E-state index contributed by atoms with van der Waals surface area (Å²) >= 11 is 0. The van der Waals surface area contributed by atoms with Crippen molar-refractivity contribution in [3.8, 4) is 0 Å². The van der Waals surface area contributed by atoms with Gasteiger partial charge in [-0.3, -0.25) is 4.79 Å². The number of carbonyl (C=O) groups is 2. The van der Waals surface area contributed by atoms with Crippen molar-refractivity contribution in [1.82, 2.24) is 4.90 Å². The summed E-state index contributed by atoms with van der Waals surface area (Å²) in [7, 11) is 0. The topological polar surface area (TPSA) is 57.6 Å². The molecule has 1 saturated carbocycles. The minimum absolute atomic E-state index is 0.163. The number of carbonyl (C=O) groups excluding carboxylic acids is 1. The molecule has 0 aromatic carbocycles. The van der Waals surface area contributed by atoms with Gasteiger partial charge >= 0.3 is 12.1 Å². The SMILES string of the molecule is CC(C)N(C=O)C1(C(=O)O)CCC(C(F)(F)F)CC1. The largest absolute Gasteiger partial charge is 0.479 e. The first kappa shape index (κ1) is 15.8. The Morgan fingerprint density at radius 3 is 2.11 bits per heavy atom. The van der Waals surface area contributed by atoms with Crippen LogP contribution in [0.4, 0.5) is 13.2 Å². The Morgan fingerprint density at radius 2 is 1.84 bits per heavy atom. The summed E-state index contributed by atoms with van der Waals surface area (Å²) in [5.74, 6) is -2.70. The van der Waals surface area contributed by atoms with Gasteiger partial charge in [0.05, 0.1) is 5.92 Å². The van der Waals surface area contributed by atoms with E-state index in [4.69, 9.17) is 0 Å². The fourth-order valence-electron chi connectivity index (χ4n) is 2.72. The third kappa shape index (κ3) is 3.01. The molecule has 110 valence electrons. The van der Waals surface area contributed by atoms with Gasteiger partial charge in [-0.05, 0) is 39.5 Å². The van der Waals surface area contributed by atoms with Crippen LogP contribution in [0.25, 0.3) is 0 Å². The first-order chi connectivity index (χ1) is 8.65. The number of aliphatic carboxylic acids is 1. The summed E-state index contributed by atoms with van der Waals surface area (Å²) in [4.78, 5) is 23.7. The molecule has 1 rings (SSSR count). The number of hydrogen-bond donors (Lipinski definition) is 1. The number of alkyl halides is 3. The molecule has 0 bridgehead atoms. The molecular formula is C12H18F3NO3. The molecule has 1 aliphatic carbocycles. The van der Waals surface area contributed by atoms with Gasteiger partial charge in [0, 0.05) is 6.04 Å². The van der Waals surface area contributed by atoms with Crippen molar-refractivity contribution in [3.05, 3.63) is 0 Å². The smallest absolute Gasteiger partial charge is 0.391 e. The summed E-state index contributed by atoms with van der Waals surface area (Å²) in [6.07, 6.45) is -4.71. The van der Waals surface area contributed by atoms with Gasteiger partial charge in [0.25, 0.3) is 0 Å². The summed E-state index contributed by atoms with van der Waals surface area (Å²) in [5.41, 5.74) is -1.50. The maximum atomic E-state index is 12.6. The molecule has 1 amide bonds. The summed E-state index contributed by atoms with van der Waals surface area (Å²) in [6.45, 7) is 3.30. The quantitative estimate of drug-likeness (QED) is 0.805. The van der Waals surface area contributed by atoms with E-state index < -0.39 is 23.6 Å². The zero-order valence-corrected chi connectivity index (χ0v) is 10.9. The molecule has 0 aromatic heterocycles. The highest BCUT2D eigenvalue weighted by molar-refractivity contribution is 5.81. The Labute approximate surface area is 109 Å². The van der Waals surface area contributed by atoms with Crippen molar-refractivity contribution >= 4 is 12.4 Å². The first-order valence-corrected chi connectivity index (χ1v) is 6.19. The highest BCUT2D eigenvalue weighted by Crippen LogP contribution is 2.43. The van der Waals surface area contributed by atoms with Gasteiger partial charge in [-0.15, -0.1) is 0 Å². The number of nitrogens with zero attached hydrogens (tertiary/aromatic N) is 1. The minimum atomic E-state index is -4.30. The lowest BCUT2D eigenvalue weighted by Crippen LogP contribution is -2.59. The molecule has 0 saturated heterocycles. The van der Waals surface area contributed by atoms with E-state index in [0.29, 0.717) is 6.41 Å². The van der Waals surface area contributed by atoms with Crippen molar-refractivity contribution in [2.75, 3.05) is 0 Å². The van der Waals surface area contributed by atoms with Crippen molar-refractivity contribution in [1.29, 1.82) is 0 Å². The molecule has 19 heavy (non-hydrogen) atoms. The van der Waals surface area contributed by atoms with Crippen LogP contribution in [0.3, 0.4) is 0 Å². The molecule has 1 aliphatic rings. The third-order valence-electron chi connectivity index (χ3n) is 3.84. The molecule has 1 N–H and O–H groups in total. The van der Waals surface area contributed by atoms with Crippen LogP contribution in [0, 0.1) is 5.92 Å². The molecule has 0 unspecified atom stereocenters. The monoisotopic (exact) mass is 281 g/mol. The number of halogens is 3. The van der Waals surface area contributed by atoms with Gasteiger partial charge in [-0.1, -0.05) is 0 Å². The predicted molar refractivity (Wildman–Crippen MR) is 61.4 cm³/mol. The lowest BCUT2D eigenvalue weighted by Gasteiger charge is -2.45. The van der Waals surface area contributed by atoms with E-state index in [1.54, 1.807) is 13.8 Å². The molecule has 0 aromatic rings. The number of hydrogen-bond acceptors (Lipinski definition) is 2. The summed E-state index contributed by atoms with van der Waals surface area (Å²) in [5, 5.41) is 9.35. The van der Waals surface area contributed by atoms with Gasteiger partial charge in [-0.25, -0.2) is 4.79 Å². The Hall–Kier alpha value is -1.27. The number of carboxylic acid groups (broad SMARTS) is 1. The van der Waals surface area contributed by atoms with E-state index in [1.807, 2.05) is 0 Å². The third-order valence-corrected chi connectivity index (χ3v) is 3.84. The van der Waals surface area contributed by atoms with E-state index in [2.05, 4.69) is 0 Å². The Morgan fingerprint density at radius 1 is 1.37 bits per heavy atom. The van der Waals surface area contributed by atoms with Gasteiger partial charge < -0.3 is 10.0 Å². The first-order valence-electron chi connectivity index (χ1n) is 6.19. The van der Waals surface area contributed by atoms with Gasteiger partial charge in [0.15, 0.2) is 0 Å². The van der Waals surface area contributed by atoms with Crippen LogP contribution in [-0.4, -0.2) is 40.1 Å². The van der Waals surface area contributed by atoms with Crippen molar-refractivity contribution in [3.63, 3.8) is 0 Å². The van der Waals surface area contributed by atoms with Crippen LogP contribution in [0.1, 0.15) is 39.5 Å². The molecule has 0 spiro atoms. The van der Waals surface area contributed by atoms with E-state index in [0.717, 1.165) is 4.90 Å². The molecule has 1 fully saturated rings. The second-order valence-electron chi connectivity index (χ2n) is 5.26. The van der Waals surface area contributed by atoms with E-state index >= 15 is 0 Å². The minimum Gasteiger partial charge on any atom is -0.479 e. The number of carboxylic acids is 1. The fourth-order valence-corrected chi connectivity index (χ4v) is 2.72. The predicted octanol–water partition coefficient (Wildman–Crippen LogP) is 2.43. The van der Waals surface area contributed by atoms with Crippen molar-refractivity contribution in [2.24, 2.45) is 5.92 Å². The van der Waals surface area contributed by atoms with Crippen LogP contribution in [0.5, 0.6) is 0 Å². The lowest BCUT2D eigenvalue weighted by atomic mass is 9.75. The molecule has 4 nitrogen and oxygen atoms in total. The van der Waals surface area contributed by atoms with Crippen LogP contribution in [0.2, 0.25) is 0 Å². The van der Waals surface area contributed by atoms with Crippen LogP contribution < -0.4 is 0 Å². The second-order valence-corrected chi connectivity index (χ2v) is 5.26. The zero-order valence-electron chi connectivity index (χ0n) is 10.9. The molecule has 0 aliphatic heterocycles. The van der Waals surface area contributed by atoms with Crippen molar-refractivity contribution in [2.45, 2.75) is 57.3 Å². The van der Waals surface area contributed by atoms with E-state index in [9.17, 15) is 27.9 Å². The number of rotatable bonds is 4. The average Bonchev–Trinajstić information content (AvgIpc) is 2.28. The van der Waals surface area contributed by atoms with Crippen LogP contribution in [-0.2, 0) is 9.59 Å². The van der Waals surface area contributed by atoms with E-state index in [-0.39, 0.29) is 31.7 Å². The normalized spacial score (nSPS) is 28.2. The standard InChI is InChI=1S/C12H18F3NO3/c1-8(2)16(7-17)11(10(18)19)5-3-9(4-6-11)12(13,14)15/h7-9H,3-6H2,1-2H3,(H,18,19). The van der Waals surface area contributed by atoms with E-state index in [1.165, 1.54) is 0 Å². The summed E-state index contributed by atoms with van der Waals surface area (Å²) < 4.78 is 37.8. The van der Waals surface area contributed by atoms with Gasteiger partial charge in [0.1, 0.15) is 5.54 Å². The number of amides is 1. The second kappa shape index (κ2) is 5.38. The summed E-state index contributed by atoms with van der Waals surface area (Å²) in [6, 6.07) is -0.365. The molecule has 7 heteroatoms. The maximum absolute atomic E-state index is 12.6. The molecule has 0 heterocycles. The average molecular weight is 281 g/mol. The lowest BCUT2D eigenvalue weighted by molar-refractivity contribution is -0.194. The highest BCUT2D eigenvalue weighted by Gasteiger charge is 2.52. The zero-order chi connectivity index (χ0) is 14.8. The fraction of sp³-hybridized carbons (Fsp3) is 0.833. The Balaban J connectivity index is 2.95.